The topological polar surface area (TPSA) is 83.6 Å². The van der Waals surface area contributed by atoms with Gasteiger partial charge in [0.2, 0.25) is 5.91 Å². The van der Waals surface area contributed by atoms with Crippen LogP contribution in [0.2, 0.25) is 0 Å². The van der Waals surface area contributed by atoms with Crippen LogP contribution in [0.25, 0.3) is 0 Å². The molecule has 5 nitrogen and oxygen atoms in total. The van der Waals surface area contributed by atoms with E-state index in [1.807, 2.05) is 30.3 Å². The van der Waals surface area contributed by atoms with Crippen LogP contribution in [0.3, 0.4) is 0 Å². The standard InChI is InChI=1S/C15H22N2O3/c1-15(2,14(19)20)17(3)13(18)10-9-12(16)11-7-5-4-6-8-11/h4-8,12H,9-10,16H2,1-3H3,(H,19,20). The van der Waals surface area contributed by atoms with E-state index in [1.165, 1.54) is 25.8 Å². The van der Waals surface area contributed by atoms with Crippen molar-refractivity contribution in [2.45, 2.75) is 38.3 Å². The minimum Gasteiger partial charge on any atom is -0.480 e. The number of likely N-dealkylation sites (N-methyl/N-ethyl adjacent to an activating group) is 1. The molecule has 0 aromatic heterocycles. The molecule has 1 aromatic carbocycles. The number of carboxylic acids is 1. The van der Waals surface area contributed by atoms with Gasteiger partial charge in [0.05, 0.1) is 0 Å². The van der Waals surface area contributed by atoms with Gasteiger partial charge in [-0.3, -0.25) is 4.79 Å². The van der Waals surface area contributed by atoms with E-state index in [-0.39, 0.29) is 18.4 Å². The summed E-state index contributed by atoms with van der Waals surface area (Å²) >= 11 is 0. The fraction of sp³-hybridized carbons (Fsp3) is 0.467. The average Bonchev–Trinajstić information content (AvgIpc) is 2.44. The van der Waals surface area contributed by atoms with E-state index in [1.54, 1.807) is 0 Å². The Morgan fingerprint density at radius 2 is 1.85 bits per heavy atom. The number of nitrogens with zero attached hydrogens (tertiary/aromatic N) is 1. The maximum atomic E-state index is 12.0. The fourth-order valence-corrected chi connectivity index (χ4v) is 1.77. The average molecular weight is 278 g/mol. The zero-order valence-corrected chi connectivity index (χ0v) is 12.2. The highest BCUT2D eigenvalue weighted by molar-refractivity contribution is 5.86. The van der Waals surface area contributed by atoms with Gasteiger partial charge in [0.1, 0.15) is 5.54 Å². The van der Waals surface area contributed by atoms with Crippen LogP contribution in [0.1, 0.15) is 38.3 Å². The maximum Gasteiger partial charge on any atom is 0.329 e. The van der Waals surface area contributed by atoms with Crippen molar-refractivity contribution in [2.75, 3.05) is 7.05 Å². The lowest BCUT2D eigenvalue weighted by Crippen LogP contribution is -2.50. The molecular weight excluding hydrogens is 256 g/mol. The van der Waals surface area contributed by atoms with Gasteiger partial charge in [0, 0.05) is 19.5 Å². The van der Waals surface area contributed by atoms with E-state index in [0.29, 0.717) is 6.42 Å². The number of rotatable bonds is 6. The summed E-state index contributed by atoms with van der Waals surface area (Å²) in [5.41, 5.74) is 5.78. The molecule has 3 N–H and O–H groups in total. The summed E-state index contributed by atoms with van der Waals surface area (Å²) < 4.78 is 0. The number of hydrogen-bond acceptors (Lipinski definition) is 3. The van der Waals surface area contributed by atoms with Crippen LogP contribution in [0.4, 0.5) is 0 Å². The Balaban J connectivity index is 2.58. The number of nitrogens with two attached hydrogens (primary N) is 1. The van der Waals surface area contributed by atoms with Crippen LogP contribution < -0.4 is 5.73 Å². The van der Waals surface area contributed by atoms with E-state index in [9.17, 15) is 9.59 Å². The van der Waals surface area contributed by atoms with Gasteiger partial charge in [-0.05, 0) is 25.8 Å². The minimum absolute atomic E-state index is 0.219. The predicted molar refractivity (Wildman–Crippen MR) is 77.1 cm³/mol. The zero-order chi connectivity index (χ0) is 15.3. The molecule has 0 radical (unpaired) electrons. The number of benzene rings is 1. The molecular formula is C15H22N2O3. The summed E-state index contributed by atoms with van der Waals surface area (Å²) in [7, 11) is 1.50. The number of aliphatic carboxylic acids is 1. The number of carbonyl (C=O) groups excluding carboxylic acids is 1. The van der Waals surface area contributed by atoms with E-state index in [2.05, 4.69) is 0 Å². The molecule has 1 atom stereocenters. The molecule has 0 aliphatic carbocycles. The fourth-order valence-electron chi connectivity index (χ4n) is 1.77. The summed E-state index contributed by atoms with van der Waals surface area (Å²) in [5, 5.41) is 9.10. The monoisotopic (exact) mass is 278 g/mol. The van der Waals surface area contributed by atoms with Crippen LogP contribution in [0.5, 0.6) is 0 Å². The van der Waals surface area contributed by atoms with Gasteiger partial charge in [-0.25, -0.2) is 4.79 Å². The van der Waals surface area contributed by atoms with E-state index in [0.717, 1.165) is 5.56 Å². The Morgan fingerprint density at radius 1 is 1.30 bits per heavy atom. The molecule has 1 amide bonds. The summed E-state index contributed by atoms with van der Waals surface area (Å²) in [5.74, 6) is -1.25. The molecule has 0 fully saturated rings. The highest BCUT2D eigenvalue weighted by Crippen LogP contribution is 2.18. The van der Waals surface area contributed by atoms with Crippen molar-refractivity contribution in [1.29, 1.82) is 0 Å². The van der Waals surface area contributed by atoms with Gasteiger partial charge in [-0.1, -0.05) is 30.3 Å². The third-order valence-corrected chi connectivity index (χ3v) is 3.63. The van der Waals surface area contributed by atoms with Crippen molar-refractivity contribution in [2.24, 2.45) is 5.73 Å². The summed E-state index contributed by atoms with van der Waals surface area (Å²) in [6.07, 6.45) is 0.714. The summed E-state index contributed by atoms with van der Waals surface area (Å²) in [6, 6.07) is 9.32. The second-order valence-electron chi connectivity index (χ2n) is 5.37. The van der Waals surface area contributed by atoms with E-state index < -0.39 is 11.5 Å². The molecule has 0 aliphatic rings. The Morgan fingerprint density at radius 3 is 2.35 bits per heavy atom. The molecule has 0 heterocycles. The highest BCUT2D eigenvalue weighted by atomic mass is 16.4. The molecule has 0 spiro atoms. The normalized spacial score (nSPS) is 12.8. The van der Waals surface area contributed by atoms with Crippen LogP contribution in [0.15, 0.2) is 30.3 Å². The van der Waals surface area contributed by atoms with E-state index in [4.69, 9.17) is 10.8 Å². The first-order valence-corrected chi connectivity index (χ1v) is 6.57. The molecule has 1 unspecified atom stereocenters. The van der Waals surface area contributed by atoms with Crippen LogP contribution in [-0.4, -0.2) is 34.5 Å². The van der Waals surface area contributed by atoms with Gasteiger partial charge in [-0.2, -0.15) is 0 Å². The first-order valence-electron chi connectivity index (χ1n) is 6.57. The minimum atomic E-state index is -1.21. The molecule has 20 heavy (non-hydrogen) atoms. The molecule has 1 aromatic rings. The predicted octanol–water partition coefficient (Wildman–Crippen LogP) is 1.79. The van der Waals surface area contributed by atoms with Crippen molar-refractivity contribution in [3.63, 3.8) is 0 Å². The molecule has 0 saturated heterocycles. The Kier molecular flexibility index (Phi) is 5.27. The van der Waals surface area contributed by atoms with Gasteiger partial charge >= 0.3 is 5.97 Å². The Labute approximate surface area is 119 Å². The van der Waals surface area contributed by atoms with Gasteiger partial charge in [-0.15, -0.1) is 0 Å². The number of carbonyl (C=O) groups is 2. The molecule has 1 rings (SSSR count). The molecule has 0 aliphatic heterocycles. The van der Waals surface area contributed by atoms with Crippen molar-refractivity contribution in [3.8, 4) is 0 Å². The number of carboxylic acid groups (broad SMARTS) is 1. The quantitative estimate of drug-likeness (QED) is 0.831. The zero-order valence-electron chi connectivity index (χ0n) is 12.2. The molecule has 5 heteroatoms. The van der Waals surface area contributed by atoms with Crippen molar-refractivity contribution < 1.29 is 14.7 Å². The van der Waals surface area contributed by atoms with Crippen LogP contribution in [0, 0.1) is 0 Å². The third-order valence-electron chi connectivity index (χ3n) is 3.63. The van der Waals surface area contributed by atoms with E-state index >= 15 is 0 Å². The Bertz CT molecular complexity index is 471. The van der Waals surface area contributed by atoms with Crippen molar-refractivity contribution in [1.82, 2.24) is 4.90 Å². The SMILES string of the molecule is CN(C(=O)CCC(N)c1ccccc1)C(C)(C)C(=O)O. The first-order chi connectivity index (χ1) is 9.26. The highest BCUT2D eigenvalue weighted by Gasteiger charge is 2.34. The van der Waals surface area contributed by atoms with Crippen LogP contribution in [-0.2, 0) is 9.59 Å². The van der Waals surface area contributed by atoms with Crippen LogP contribution >= 0.6 is 0 Å². The Hall–Kier alpha value is -1.88. The second kappa shape index (κ2) is 6.52. The first kappa shape index (κ1) is 16.2. The smallest absolute Gasteiger partial charge is 0.329 e. The van der Waals surface area contributed by atoms with Gasteiger partial charge in [0.15, 0.2) is 0 Å². The lowest BCUT2D eigenvalue weighted by Gasteiger charge is -2.31. The number of hydrogen-bond donors (Lipinski definition) is 2. The second-order valence-corrected chi connectivity index (χ2v) is 5.37. The lowest BCUT2D eigenvalue weighted by molar-refractivity contribution is -0.155. The van der Waals surface area contributed by atoms with Gasteiger partial charge < -0.3 is 15.7 Å². The third kappa shape index (κ3) is 3.81. The number of amides is 1. The largest absolute Gasteiger partial charge is 0.480 e. The lowest BCUT2D eigenvalue weighted by atomic mass is 10.0. The molecule has 110 valence electrons. The molecule has 0 saturated carbocycles. The summed E-state index contributed by atoms with van der Waals surface area (Å²) in [4.78, 5) is 24.4. The maximum absolute atomic E-state index is 12.0. The van der Waals surface area contributed by atoms with Gasteiger partial charge in [0.25, 0.3) is 0 Å². The summed E-state index contributed by atoms with van der Waals surface area (Å²) in [6.45, 7) is 3.01. The van der Waals surface area contributed by atoms with Crippen molar-refractivity contribution >= 4 is 11.9 Å². The van der Waals surface area contributed by atoms with Crippen molar-refractivity contribution in [3.05, 3.63) is 35.9 Å². The molecule has 0 bridgehead atoms.